The van der Waals surface area contributed by atoms with Crippen LogP contribution >= 0.6 is 11.3 Å². The fourth-order valence-electron chi connectivity index (χ4n) is 3.74. The first kappa shape index (κ1) is 21.6. The van der Waals surface area contributed by atoms with Crippen molar-refractivity contribution in [1.82, 2.24) is 20.1 Å². The molecule has 0 radical (unpaired) electrons. The Kier molecular flexibility index (Phi) is 6.72. The van der Waals surface area contributed by atoms with Crippen molar-refractivity contribution in [1.29, 1.82) is 0 Å². The molecular formula is C22H27FN6OS. The van der Waals surface area contributed by atoms with Gasteiger partial charge in [0, 0.05) is 37.8 Å². The average molecular weight is 443 g/mol. The van der Waals surface area contributed by atoms with E-state index >= 15 is 0 Å². The molecule has 0 aliphatic carbocycles. The second kappa shape index (κ2) is 9.65. The number of aromatic nitrogens is 3. The minimum atomic E-state index is -0.749. The molecular weight excluding hydrogens is 415 g/mol. The van der Waals surface area contributed by atoms with Crippen molar-refractivity contribution in [2.45, 2.75) is 32.9 Å². The molecule has 2 aromatic heterocycles. The molecule has 1 aromatic carbocycles. The van der Waals surface area contributed by atoms with Gasteiger partial charge in [0.25, 0.3) is 0 Å². The van der Waals surface area contributed by atoms with Crippen LogP contribution in [0.1, 0.15) is 26.7 Å². The first-order chi connectivity index (χ1) is 15.1. The zero-order valence-electron chi connectivity index (χ0n) is 17.8. The highest BCUT2D eigenvalue weighted by Crippen LogP contribution is 2.32. The van der Waals surface area contributed by atoms with Crippen LogP contribution in [0.2, 0.25) is 0 Å². The number of piperidine rings is 1. The third-order valence-electron chi connectivity index (χ3n) is 5.55. The number of amides is 1. The molecule has 3 heterocycles. The molecule has 0 spiro atoms. The molecule has 7 nitrogen and oxygen atoms in total. The van der Waals surface area contributed by atoms with Gasteiger partial charge >= 0.3 is 0 Å². The summed E-state index contributed by atoms with van der Waals surface area (Å²) in [5.41, 5.74) is 1.82. The molecule has 164 valence electrons. The van der Waals surface area contributed by atoms with E-state index in [2.05, 4.69) is 39.2 Å². The fraction of sp³-hybridized carbons (Fsp3) is 0.455. The minimum Gasteiger partial charge on any atom is -0.349 e. The molecule has 1 saturated heterocycles. The van der Waals surface area contributed by atoms with Crippen LogP contribution in [0.25, 0.3) is 21.3 Å². The summed E-state index contributed by atoms with van der Waals surface area (Å²) in [5.74, 6) is 0.261. The number of carbonyl (C=O) groups excluding carboxylic acids is 1. The van der Waals surface area contributed by atoms with E-state index in [1.54, 1.807) is 11.3 Å². The number of fused-ring (bicyclic) bond motifs is 1. The van der Waals surface area contributed by atoms with Crippen molar-refractivity contribution in [3.63, 3.8) is 0 Å². The van der Waals surface area contributed by atoms with Crippen LogP contribution in [0.4, 0.5) is 15.3 Å². The van der Waals surface area contributed by atoms with E-state index in [4.69, 9.17) is 0 Å². The first-order valence-corrected chi connectivity index (χ1v) is 11.5. The van der Waals surface area contributed by atoms with Crippen LogP contribution < -0.4 is 10.2 Å². The maximum absolute atomic E-state index is 13.3. The molecule has 3 aromatic rings. The van der Waals surface area contributed by atoms with E-state index in [1.165, 1.54) is 0 Å². The number of likely N-dealkylation sites (tertiary alicyclic amines) is 1. The molecule has 31 heavy (non-hydrogen) atoms. The predicted octanol–water partition coefficient (Wildman–Crippen LogP) is 3.97. The third-order valence-corrected chi connectivity index (χ3v) is 6.66. The summed E-state index contributed by atoms with van der Waals surface area (Å²) in [4.78, 5) is 22.2. The van der Waals surface area contributed by atoms with Crippen molar-refractivity contribution in [2.75, 3.05) is 42.9 Å². The number of nitrogens with one attached hydrogen (secondary N) is 1. The normalized spacial score (nSPS) is 15.3. The number of anilines is 2. The maximum Gasteiger partial charge on any atom is 0.239 e. The van der Waals surface area contributed by atoms with Gasteiger partial charge in [-0.15, -0.1) is 10.2 Å². The van der Waals surface area contributed by atoms with E-state index in [0.717, 1.165) is 39.6 Å². The Balaban J connectivity index is 1.48. The largest absolute Gasteiger partial charge is 0.349 e. The van der Waals surface area contributed by atoms with E-state index in [1.807, 2.05) is 35.4 Å². The Hall–Kier alpha value is -2.65. The van der Waals surface area contributed by atoms with Crippen LogP contribution in [0.5, 0.6) is 0 Å². The number of hydrogen-bond donors (Lipinski definition) is 1. The Morgan fingerprint density at radius 2 is 2.00 bits per heavy atom. The summed E-state index contributed by atoms with van der Waals surface area (Å²) in [6, 6.07) is 7.83. The van der Waals surface area contributed by atoms with Gasteiger partial charge in [0.05, 0.1) is 16.9 Å². The molecule has 1 fully saturated rings. The Morgan fingerprint density at radius 3 is 2.74 bits per heavy atom. The summed E-state index contributed by atoms with van der Waals surface area (Å²) < 4.78 is 13.3. The highest BCUT2D eigenvalue weighted by Gasteiger charge is 2.20. The van der Waals surface area contributed by atoms with Crippen LogP contribution in [-0.2, 0) is 4.79 Å². The van der Waals surface area contributed by atoms with Gasteiger partial charge < -0.3 is 10.2 Å². The van der Waals surface area contributed by atoms with E-state index in [0.29, 0.717) is 31.7 Å². The van der Waals surface area contributed by atoms with Crippen LogP contribution in [0, 0.1) is 0 Å². The van der Waals surface area contributed by atoms with E-state index in [9.17, 15) is 9.18 Å². The van der Waals surface area contributed by atoms with Gasteiger partial charge in [0.2, 0.25) is 5.91 Å². The second-order valence-corrected chi connectivity index (χ2v) is 8.69. The van der Waals surface area contributed by atoms with Crippen molar-refractivity contribution < 1.29 is 9.18 Å². The Bertz CT molecular complexity index is 1050. The van der Waals surface area contributed by atoms with Gasteiger partial charge in [0.15, 0.2) is 10.9 Å². The van der Waals surface area contributed by atoms with Crippen molar-refractivity contribution >= 4 is 39.1 Å². The van der Waals surface area contributed by atoms with Gasteiger partial charge in [-0.3, -0.25) is 9.69 Å². The number of carbonyl (C=O) groups is 1. The summed E-state index contributed by atoms with van der Waals surface area (Å²) in [6.07, 6.45) is 2.12. The summed E-state index contributed by atoms with van der Waals surface area (Å²) in [6.45, 7) is 7.53. The average Bonchev–Trinajstić information content (AvgIpc) is 3.26. The Morgan fingerprint density at radius 1 is 1.23 bits per heavy atom. The van der Waals surface area contributed by atoms with Crippen molar-refractivity contribution in [2.24, 2.45) is 0 Å². The highest BCUT2D eigenvalue weighted by molar-refractivity contribution is 7.18. The van der Waals surface area contributed by atoms with Gasteiger partial charge in [-0.05, 0) is 50.5 Å². The number of hydrogen-bond acceptors (Lipinski definition) is 7. The third kappa shape index (κ3) is 5.16. The van der Waals surface area contributed by atoms with Crippen LogP contribution in [0.15, 0.2) is 30.5 Å². The lowest BCUT2D eigenvalue weighted by atomic mass is 10.1. The van der Waals surface area contributed by atoms with Gasteiger partial charge in [-0.25, -0.2) is 9.37 Å². The molecule has 0 unspecified atom stereocenters. The minimum absolute atomic E-state index is 0.159. The first-order valence-electron chi connectivity index (χ1n) is 10.7. The zero-order valence-corrected chi connectivity index (χ0v) is 18.7. The number of nitrogens with zero attached hydrogens (tertiary/aromatic N) is 5. The van der Waals surface area contributed by atoms with E-state index in [-0.39, 0.29) is 12.5 Å². The van der Waals surface area contributed by atoms with Gasteiger partial charge in [0.1, 0.15) is 6.17 Å². The number of thiazole rings is 1. The molecule has 1 N–H and O–H groups in total. The van der Waals surface area contributed by atoms with E-state index < -0.39 is 6.17 Å². The molecule has 1 aliphatic rings. The van der Waals surface area contributed by atoms with Gasteiger partial charge in [-0.2, -0.15) is 0 Å². The lowest BCUT2D eigenvalue weighted by molar-refractivity contribution is -0.117. The van der Waals surface area contributed by atoms with Gasteiger partial charge in [-0.1, -0.05) is 17.4 Å². The van der Waals surface area contributed by atoms with Crippen LogP contribution in [0.3, 0.4) is 0 Å². The molecule has 9 heteroatoms. The smallest absolute Gasteiger partial charge is 0.239 e. The summed E-state index contributed by atoms with van der Waals surface area (Å²) in [7, 11) is 0. The number of halogens is 1. The number of benzene rings is 1. The molecule has 1 aliphatic heterocycles. The standard InChI is InChI=1S/C22H27FN6OS/c1-3-29(4-2)22-24-13-19(31-22)15-5-6-18-16(11-15)12-20(27-26-18)25-21(30)14-28-9-7-17(23)8-10-28/h5-6,11-13,17H,3-4,7-10,14H2,1-2H3,(H,25,27,30). The SMILES string of the molecule is CCN(CC)c1ncc(-c2ccc3nnc(NC(=O)CN4CCC(F)CC4)cc3c2)s1. The molecule has 0 bridgehead atoms. The zero-order chi connectivity index (χ0) is 21.8. The molecule has 0 atom stereocenters. The molecule has 4 rings (SSSR count). The topological polar surface area (TPSA) is 74.2 Å². The second-order valence-electron chi connectivity index (χ2n) is 7.68. The number of rotatable bonds is 7. The lowest BCUT2D eigenvalue weighted by Gasteiger charge is -2.27. The highest BCUT2D eigenvalue weighted by atomic mass is 32.1. The molecule has 1 amide bonds. The summed E-state index contributed by atoms with van der Waals surface area (Å²) in [5, 5.41) is 13.1. The molecule has 0 saturated carbocycles. The summed E-state index contributed by atoms with van der Waals surface area (Å²) >= 11 is 1.66. The van der Waals surface area contributed by atoms with Crippen molar-refractivity contribution in [3.05, 3.63) is 30.5 Å². The maximum atomic E-state index is 13.3. The fourth-order valence-corrected chi connectivity index (χ4v) is 4.78. The quantitative estimate of drug-likeness (QED) is 0.597. The van der Waals surface area contributed by atoms with Crippen LogP contribution in [-0.4, -0.2) is 64.9 Å². The predicted molar refractivity (Wildman–Crippen MR) is 123 cm³/mol. The lowest BCUT2D eigenvalue weighted by Crippen LogP contribution is -2.39. The number of alkyl halides is 1. The monoisotopic (exact) mass is 442 g/mol. The Labute approximate surface area is 185 Å². The van der Waals surface area contributed by atoms with Crippen molar-refractivity contribution in [3.8, 4) is 10.4 Å².